The molecule has 0 saturated heterocycles. The topological polar surface area (TPSA) is 31.0 Å². The van der Waals surface area contributed by atoms with Gasteiger partial charge in [-0.25, -0.2) is 0 Å². The molecule has 8 heteroatoms. The van der Waals surface area contributed by atoms with E-state index >= 15 is 0 Å². The number of benzene rings is 12. The van der Waals surface area contributed by atoms with E-state index in [1.807, 2.05) is 0 Å². The molecule has 680 valence electrons. The van der Waals surface area contributed by atoms with Gasteiger partial charge in [-0.3, -0.25) is 0 Å². The largest absolute Gasteiger partial charge is 0.393 e. The Hall–Kier alpha value is -16.2. The first-order valence-electron chi connectivity index (χ1n) is 52.7. The summed E-state index contributed by atoms with van der Waals surface area (Å²) in [6.07, 6.45) is 29.4. The van der Waals surface area contributed by atoms with E-state index in [-0.39, 0.29) is 22.7 Å². The van der Waals surface area contributed by atoms with Crippen molar-refractivity contribution >= 4 is 0 Å². The Kier molecular flexibility index (Phi) is 16.6. The van der Waals surface area contributed by atoms with Crippen LogP contribution in [0, 0.1) is 0 Å². The summed E-state index contributed by atoms with van der Waals surface area (Å²) in [6, 6.07) is 138. The molecule has 8 nitrogen and oxygen atoms in total. The van der Waals surface area contributed by atoms with Gasteiger partial charge in [-0.15, -0.1) is 36.5 Å². The van der Waals surface area contributed by atoms with E-state index in [4.69, 9.17) is 0 Å². The Labute approximate surface area is 839 Å². The number of hydrogen-bond acceptors (Lipinski definition) is 0. The summed E-state index contributed by atoms with van der Waals surface area (Å²) in [6.45, 7) is 0. The lowest BCUT2D eigenvalue weighted by Gasteiger charge is -2.36. The van der Waals surface area contributed by atoms with E-state index < -0.39 is 0 Å². The van der Waals surface area contributed by atoms with Crippen molar-refractivity contribution in [3.8, 4) is 44.5 Å². The molecule has 144 heavy (non-hydrogen) atoms. The Morgan fingerprint density at radius 1 is 0.139 bits per heavy atom. The van der Waals surface area contributed by atoms with Gasteiger partial charge in [0.05, 0.1) is 77.0 Å². The second-order valence-corrected chi connectivity index (χ2v) is 43.8. The van der Waals surface area contributed by atoms with Crippen molar-refractivity contribution in [3.05, 3.63) is 613 Å². The van der Waals surface area contributed by atoms with Crippen LogP contribution in [0.15, 0.2) is 389 Å². The molecule has 20 heterocycles. The summed E-state index contributed by atoms with van der Waals surface area (Å²) in [5, 5.41) is 0. The van der Waals surface area contributed by atoms with E-state index in [9.17, 15) is 0 Å². The molecule has 0 saturated carbocycles. The molecule has 16 aliphatic rings. The Morgan fingerprint density at radius 3 is 0.694 bits per heavy atom. The third-order valence-electron chi connectivity index (χ3n) is 36.8. The monoisotopic (exact) mass is 1850 g/mol. The zero-order valence-corrected chi connectivity index (χ0v) is 80.7. The van der Waals surface area contributed by atoms with Crippen molar-refractivity contribution in [1.82, 2.24) is 0 Å². The maximum atomic E-state index is 2.73. The molecule has 36 rings (SSSR count). The standard InChI is InChI=1S/4C34H26N2/c1-2-10-24-21-34-33-26(19-29-13-7-12-28(36(29)34)18-22(24)8-1)17-25-16-23-9-3-4-14-30(23)32(25)31(33)20-27-11-5-6-15-35(27)34;1-2-10-24-21-34-33-26(19-27-11-5-6-15-35(27)34)17-25-16-23-9-3-4-14-30(23)32(25)31(33)20-29-13-7-12-28(36(29)34)18-22(24)8-1;1-2-10-24-21-34-33-25(17-28-13-7-12-27(36(28)34)16-22(24)8-1)19-30-29-14-4-3-9-23(29)18-31(30)32(33)20-26-11-5-6-15-35(26)34;1-2-10-24-21-34-33-25(17-26-11-5-6-15-35(26)34)19-30-29-14-4-3-9-23(29)18-31(30)32(33)20-28-13-7-12-27(36(28)34)16-22(24)8-1/h2*1-15,17H,16,18-21H2;2*1-15,19H,16-18,20-21H2/q4*+2/t4*34-/m1111/s1. The molecule has 8 aromatic heterocycles. The van der Waals surface area contributed by atoms with Gasteiger partial charge in [0.25, 0.3) is 0 Å². The van der Waals surface area contributed by atoms with E-state index in [1.165, 1.54) is 213 Å². The minimum atomic E-state index is -0.289. The van der Waals surface area contributed by atoms with Gasteiger partial charge in [0.15, 0.2) is 93.1 Å². The van der Waals surface area contributed by atoms with Crippen LogP contribution in [0.3, 0.4) is 0 Å². The number of fused-ring (bicyclic) bond motifs is 24. The van der Waals surface area contributed by atoms with Crippen LogP contribution in [-0.2, 0) is 151 Å². The molecular formula is C136H104N8+8. The molecule has 0 fully saturated rings. The summed E-state index contributed by atoms with van der Waals surface area (Å²) in [4.78, 5) is 0. The fourth-order valence-electron chi connectivity index (χ4n) is 31.7. The highest BCUT2D eigenvalue weighted by Gasteiger charge is 2.69. The highest BCUT2D eigenvalue weighted by atomic mass is 15.3. The van der Waals surface area contributed by atoms with Crippen molar-refractivity contribution in [3.63, 3.8) is 0 Å². The van der Waals surface area contributed by atoms with Crippen LogP contribution >= 0.6 is 0 Å². The van der Waals surface area contributed by atoms with Crippen molar-refractivity contribution in [2.24, 2.45) is 0 Å². The fourth-order valence-corrected chi connectivity index (χ4v) is 31.7. The summed E-state index contributed by atoms with van der Waals surface area (Å²) >= 11 is 0. The Bertz CT molecular complexity index is 8870. The van der Waals surface area contributed by atoms with Gasteiger partial charge in [0, 0.05) is 97.1 Å². The zero-order valence-electron chi connectivity index (χ0n) is 80.7. The average Bonchev–Trinajstić information content (AvgIpc) is 1.08. The molecule has 12 aliphatic heterocycles. The normalized spacial score (nSPS) is 19.2. The second-order valence-electron chi connectivity index (χ2n) is 43.8. The van der Waals surface area contributed by atoms with E-state index in [0.29, 0.717) is 0 Å². The summed E-state index contributed by atoms with van der Waals surface area (Å²) < 4.78 is 21.4. The van der Waals surface area contributed by atoms with Crippen molar-refractivity contribution in [1.29, 1.82) is 0 Å². The maximum absolute atomic E-state index is 2.73. The Morgan fingerprint density at radius 2 is 0.361 bits per heavy atom. The number of aromatic nitrogens is 8. The van der Waals surface area contributed by atoms with Crippen molar-refractivity contribution < 1.29 is 36.5 Å². The van der Waals surface area contributed by atoms with Crippen LogP contribution in [0.1, 0.15) is 224 Å². The van der Waals surface area contributed by atoms with E-state index in [0.717, 1.165) is 128 Å². The summed E-state index contributed by atoms with van der Waals surface area (Å²) in [5.41, 5.74) is 70.0. The van der Waals surface area contributed by atoms with Gasteiger partial charge < -0.3 is 0 Å². The van der Waals surface area contributed by atoms with Crippen LogP contribution < -0.4 is 36.5 Å². The zero-order chi connectivity index (χ0) is 93.7. The highest BCUT2D eigenvalue weighted by Crippen LogP contribution is 2.56. The van der Waals surface area contributed by atoms with Crippen LogP contribution in [0.25, 0.3) is 44.5 Å². The quantitative estimate of drug-likeness (QED) is 0.136. The number of hydrogen-bond donors (Lipinski definition) is 0. The molecule has 0 amide bonds. The predicted octanol–water partition coefficient (Wildman–Crippen LogP) is 20.2. The van der Waals surface area contributed by atoms with Crippen LogP contribution in [0.2, 0.25) is 0 Å². The maximum Gasteiger partial charge on any atom is 0.393 e. The smallest absolute Gasteiger partial charge is 0.134 e. The van der Waals surface area contributed by atoms with Gasteiger partial charge in [-0.1, -0.05) is 231 Å². The number of nitrogens with zero attached hydrogens (tertiary/aromatic N) is 8. The van der Waals surface area contributed by atoms with Crippen molar-refractivity contribution in [2.75, 3.05) is 0 Å². The molecule has 0 radical (unpaired) electrons. The SMILES string of the molecule is c1ccc2c(c1)Cc1cccc3[n+]1[C@]1(C2)c2c(cc4c(c2C3)-c2ccccc2C4)Cc2cccc[n+]21.c1ccc2c(c1)Cc1cccc3[n+]1[C@]1(C2)c2c(cc4c(c2C3)Cc2ccccc2-4)Cc2cccc[n+]21.c1ccc2c(c1)Cc1cccc3[n+]1[C@]1(C2)c2c(cc4c(c2Cc2cccc[n+]21)-c1ccccc1C4)C3.c1ccc2c(c1)Cc1cccc3[n+]1[C@]1(C2)c2c(cc4c(c2Cc2cccc[n+]21)Cc1ccccc1-4)C3. The molecule has 12 aromatic carbocycles. The van der Waals surface area contributed by atoms with E-state index in [1.54, 1.807) is 55.6 Å². The molecule has 0 bridgehead atoms. The molecule has 20 aromatic rings. The van der Waals surface area contributed by atoms with Gasteiger partial charge in [-0.05, 0) is 240 Å². The van der Waals surface area contributed by atoms with E-state index in [2.05, 4.69) is 425 Å². The third kappa shape index (κ3) is 10.9. The summed E-state index contributed by atoms with van der Waals surface area (Å²) in [5.74, 6) is 0. The second kappa shape index (κ2) is 29.7. The van der Waals surface area contributed by atoms with Gasteiger partial charge >= 0.3 is 22.7 Å². The highest BCUT2D eigenvalue weighted by molar-refractivity contribution is 5.86. The molecule has 0 unspecified atom stereocenters. The molecule has 4 aliphatic carbocycles. The Balaban J connectivity index is 0.0000000844. The van der Waals surface area contributed by atoms with Gasteiger partial charge in [-0.2, -0.15) is 0 Å². The van der Waals surface area contributed by atoms with Gasteiger partial charge in [0.2, 0.25) is 0 Å². The third-order valence-corrected chi connectivity index (χ3v) is 36.8. The minimum absolute atomic E-state index is 0.278. The van der Waals surface area contributed by atoms with Crippen LogP contribution in [0.4, 0.5) is 0 Å². The predicted molar refractivity (Wildman–Crippen MR) is 556 cm³/mol. The number of pyridine rings is 8. The lowest BCUT2D eigenvalue weighted by atomic mass is 9.74. The molecule has 0 N–H and O–H groups in total. The first-order chi connectivity index (χ1) is 71.2. The van der Waals surface area contributed by atoms with Crippen LogP contribution in [-0.4, -0.2) is 0 Å². The molecular weight excluding hydrogens is 1750 g/mol. The summed E-state index contributed by atoms with van der Waals surface area (Å²) in [7, 11) is 0. The van der Waals surface area contributed by atoms with Crippen LogP contribution in [0.5, 0.6) is 0 Å². The lowest BCUT2D eigenvalue weighted by molar-refractivity contribution is -0.992. The average molecular weight is 1850 g/mol. The first-order valence-corrected chi connectivity index (χ1v) is 52.7. The van der Waals surface area contributed by atoms with Gasteiger partial charge in [0.1, 0.15) is 47.9 Å². The van der Waals surface area contributed by atoms with Crippen molar-refractivity contribution in [2.45, 2.75) is 151 Å². The molecule has 4 spiro atoms. The fraction of sp³-hybridized carbons (Fsp3) is 0.176. The molecule has 4 atom stereocenters. The number of rotatable bonds is 0. The lowest BCUT2D eigenvalue weighted by Crippen LogP contribution is -2.80. The minimum Gasteiger partial charge on any atom is -0.134 e. The first kappa shape index (κ1) is 80.5.